The number of aryl methyl sites for hydroxylation is 1. The van der Waals surface area contributed by atoms with Gasteiger partial charge in [0.05, 0.1) is 0 Å². The molecule has 0 fully saturated rings. The lowest BCUT2D eigenvalue weighted by atomic mass is 10.1. The quantitative estimate of drug-likeness (QED) is 0.876. The Hall–Kier alpha value is -0.600. The minimum atomic E-state index is 0.964. The van der Waals surface area contributed by atoms with E-state index in [2.05, 4.69) is 66.3 Å². The Morgan fingerprint density at radius 1 is 1.47 bits per heavy atom. The molecule has 0 aliphatic heterocycles. The third kappa shape index (κ3) is 4.18. The van der Waals surface area contributed by atoms with Gasteiger partial charge < -0.3 is 5.32 Å². The van der Waals surface area contributed by atoms with E-state index in [4.69, 9.17) is 0 Å². The molecule has 0 aromatic heterocycles. The molecule has 0 aliphatic carbocycles. The fraction of sp³-hybridized carbons (Fsp3) is 0.385. The molecule has 82 valence electrons. The number of hydrogen-bond donors (Lipinski definition) is 1. The summed E-state index contributed by atoms with van der Waals surface area (Å²) in [6.07, 6.45) is 2.22. The highest BCUT2D eigenvalue weighted by Crippen LogP contribution is 2.18. The normalized spacial score (nSPS) is 11.9. The van der Waals surface area contributed by atoms with Crippen LogP contribution in [-0.2, 0) is 0 Å². The molecule has 0 saturated heterocycles. The Bertz CT molecular complexity index is 356. The van der Waals surface area contributed by atoms with E-state index in [0.29, 0.717) is 0 Å². The van der Waals surface area contributed by atoms with Crippen LogP contribution in [0.5, 0.6) is 0 Å². The Labute approximate surface area is 101 Å². The third-order valence-corrected chi connectivity index (χ3v) is 3.14. The van der Waals surface area contributed by atoms with Crippen LogP contribution in [0.3, 0.4) is 0 Å². The van der Waals surface area contributed by atoms with Crippen LogP contribution < -0.4 is 5.32 Å². The van der Waals surface area contributed by atoms with Gasteiger partial charge in [0.2, 0.25) is 0 Å². The molecule has 0 bridgehead atoms. The lowest BCUT2D eigenvalue weighted by Gasteiger charge is -2.04. The monoisotopic (exact) mass is 267 g/mol. The van der Waals surface area contributed by atoms with Crippen LogP contribution >= 0.6 is 15.9 Å². The molecule has 1 aromatic rings. The highest BCUT2D eigenvalue weighted by molar-refractivity contribution is 9.10. The largest absolute Gasteiger partial charge is 0.313 e. The summed E-state index contributed by atoms with van der Waals surface area (Å²) in [5, 5.41) is 3.32. The van der Waals surface area contributed by atoms with Gasteiger partial charge in [-0.2, -0.15) is 0 Å². The minimum absolute atomic E-state index is 0.964. The van der Waals surface area contributed by atoms with E-state index in [1.807, 2.05) is 0 Å². The lowest BCUT2D eigenvalue weighted by molar-refractivity contribution is 0.778. The Balaban J connectivity index is 2.75. The molecule has 1 N–H and O–H groups in total. The SMILES string of the molecule is CCNCC(C)=Cc1ccc(Br)c(C)c1. The molecule has 2 heteroatoms. The molecule has 0 amide bonds. The number of hydrogen-bond acceptors (Lipinski definition) is 1. The van der Waals surface area contributed by atoms with Gasteiger partial charge in [-0.1, -0.05) is 46.6 Å². The summed E-state index contributed by atoms with van der Waals surface area (Å²) >= 11 is 3.50. The number of likely N-dealkylation sites (N-methyl/N-ethyl adjacent to an activating group) is 1. The van der Waals surface area contributed by atoms with E-state index in [1.165, 1.54) is 21.2 Å². The molecule has 0 saturated carbocycles. The smallest absolute Gasteiger partial charge is 0.0204 e. The number of rotatable bonds is 4. The van der Waals surface area contributed by atoms with Crippen molar-refractivity contribution >= 4 is 22.0 Å². The zero-order valence-corrected chi connectivity index (χ0v) is 11.2. The van der Waals surface area contributed by atoms with Crippen molar-refractivity contribution in [3.05, 3.63) is 39.4 Å². The molecular weight excluding hydrogens is 250 g/mol. The Kier molecular flexibility index (Phi) is 5.06. The van der Waals surface area contributed by atoms with Gasteiger partial charge in [0.25, 0.3) is 0 Å². The fourth-order valence-electron chi connectivity index (χ4n) is 1.42. The maximum absolute atomic E-state index is 3.50. The van der Waals surface area contributed by atoms with E-state index in [1.54, 1.807) is 0 Å². The van der Waals surface area contributed by atoms with Gasteiger partial charge in [0.1, 0.15) is 0 Å². The molecule has 15 heavy (non-hydrogen) atoms. The van der Waals surface area contributed by atoms with Crippen molar-refractivity contribution in [1.82, 2.24) is 5.32 Å². The number of halogens is 1. The van der Waals surface area contributed by atoms with E-state index in [0.717, 1.165) is 13.1 Å². The van der Waals surface area contributed by atoms with Gasteiger partial charge >= 0.3 is 0 Å². The third-order valence-electron chi connectivity index (χ3n) is 2.25. The lowest BCUT2D eigenvalue weighted by Crippen LogP contribution is -2.14. The summed E-state index contributed by atoms with van der Waals surface area (Å²) in [5.41, 5.74) is 3.91. The zero-order chi connectivity index (χ0) is 11.3. The van der Waals surface area contributed by atoms with Gasteiger partial charge in [0, 0.05) is 11.0 Å². The van der Waals surface area contributed by atoms with Crippen molar-refractivity contribution in [2.24, 2.45) is 0 Å². The molecule has 0 atom stereocenters. The first kappa shape index (κ1) is 12.5. The summed E-state index contributed by atoms with van der Waals surface area (Å²) in [6, 6.07) is 6.42. The van der Waals surface area contributed by atoms with Gasteiger partial charge in [-0.05, 0) is 37.6 Å². The average molecular weight is 268 g/mol. The van der Waals surface area contributed by atoms with Crippen LogP contribution in [0.2, 0.25) is 0 Å². The summed E-state index contributed by atoms with van der Waals surface area (Å²) < 4.78 is 1.17. The molecule has 0 radical (unpaired) electrons. The van der Waals surface area contributed by atoms with Crippen molar-refractivity contribution in [2.75, 3.05) is 13.1 Å². The Morgan fingerprint density at radius 2 is 2.20 bits per heavy atom. The van der Waals surface area contributed by atoms with E-state index < -0.39 is 0 Å². The van der Waals surface area contributed by atoms with E-state index in [9.17, 15) is 0 Å². The molecule has 0 aliphatic rings. The second-order valence-electron chi connectivity index (χ2n) is 3.78. The van der Waals surface area contributed by atoms with Crippen LogP contribution in [0.15, 0.2) is 28.2 Å². The van der Waals surface area contributed by atoms with Crippen LogP contribution in [0.1, 0.15) is 25.0 Å². The minimum Gasteiger partial charge on any atom is -0.313 e. The van der Waals surface area contributed by atoms with Crippen LogP contribution in [0.25, 0.3) is 6.08 Å². The van der Waals surface area contributed by atoms with Gasteiger partial charge in [-0.15, -0.1) is 0 Å². The molecule has 1 rings (SSSR count). The maximum Gasteiger partial charge on any atom is 0.0204 e. The highest BCUT2D eigenvalue weighted by atomic mass is 79.9. The predicted octanol–water partition coefficient (Wildman–Crippen LogP) is 3.77. The standard InChI is InChI=1S/C13H18BrN/c1-4-15-9-10(2)7-12-5-6-13(14)11(3)8-12/h5-8,15H,4,9H2,1-3H3. The van der Waals surface area contributed by atoms with Gasteiger partial charge in [-0.25, -0.2) is 0 Å². The Morgan fingerprint density at radius 3 is 2.80 bits per heavy atom. The molecule has 0 heterocycles. The molecule has 1 nitrogen and oxygen atoms in total. The first-order chi connectivity index (χ1) is 7.13. The van der Waals surface area contributed by atoms with Crippen molar-refractivity contribution in [1.29, 1.82) is 0 Å². The van der Waals surface area contributed by atoms with Gasteiger partial charge in [-0.3, -0.25) is 0 Å². The van der Waals surface area contributed by atoms with Crippen molar-refractivity contribution in [3.63, 3.8) is 0 Å². The van der Waals surface area contributed by atoms with Crippen LogP contribution in [0, 0.1) is 6.92 Å². The molecule has 0 unspecified atom stereocenters. The second-order valence-corrected chi connectivity index (χ2v) is 4.63. The summed E-state index contributed by atoms with van der Waals surface area (Å²) in [7, 11) is 0. The maximum atomic E-state index is 3.50. The average Bonchev–Trinajstić information content (AvgIpc) is 2.20. The highest BCUT2D eigenvalue weighted by Gasteiger charge is 1.95. The van der Waals surface area contributed by atoms with Crippen molar-refractivity contribution in [2.45, 2.75) is 20.8 Å². The second kappa shape index (κ2) is 6.09. The van der Waals surface area contributed by atoms with Crippen molar-refractivity contribution in [3.8, 4) is 0 Å². The van der Waals surface area contributed by atoms with Crippen LogP contribution in [0.4, 0.5) is 0 Å². The molecular formula is C13H18BrN. The summed E-state index contributed by atoms with van der Waals surface area (Å²) in [4.78, 5) is 0. The summed E-state index contributed by atoms with van der Waals surface area (Å²) in [6.45, 7) is 8.37. The topological polar surface area (TPSA) is 12.0 Å². The van der Waals surface area contributed by atoms with E-state index in [-0.39, 0.29) is 0 Å². The number of nitrogens with one attached hydrogen (secondary N) is 1. The van der Waals surface area contributed by atoms with Gasteiger partial charge in [0.15, 0.2) is 0 Å². The first-order valence-electron chi connectivity index (χ1n) is 5.27. The molecule has 0 spiro atoms. The first-order valence-corrected chi connectivity index (χ1v) is 6.07. The fourth-order valence-corrected chi connectivity index (χ4v) is 1.66. The summed E-state index contributed by atoms with van der Waals surface area (Å²) in [5.74, 6) is 0. The van der Waals surface area contributed by atoms with Crippen molar-refractivity contribution < 1.29 is 0 Å². The zero-order valence-electron chi connectivity index (χ0n) is 9.60. The predicted molar refractivity (Wildman–Crippen MR) is 71.1 cm³/mol. The van der Waals surface area contributed by atoms with E-state index >= 15 is 0 Å². The number of benzene rings is 1. The molecule has 1 aromatic carbocycles. The van der Waals surface area contributed by atoms with Crippen LogP contribution in [-0.4, -0.2) is 13.1 Å².